The molecule has 0 atom stereocenters. The molecule has 0 bridgehead atoms. The molecule has 3 heterocycles. The Labute approximate surface area is 325 Å². The molecule has 3 aromatic carbocycles. The first kappa shape index (κ1) is 40.9. The molecule has 1 fully saturated rings. The van der Waals surface area contributed by atoms with Gasteiger partial charge in [0.2, 0.25) is 5.91 Å². The summed E-state index contributed by atoms with van der Waals surface area (Å²) in [7, 11) is 0. The highest BCUT2D eigenvalue weighted by molar-refractivity contribution is 5.81. The maximum atomic E-state index is 14.6. The molecule has 0 N–H and O–H groups in total. The van der Waals surface area contributed by atoms with Gasteiger partial charge in [-0.2, -0.15) is 4.98 Å². The number of pyridine rings is 1. The van der Waals surface area contributed by atoms with Crippen LogP contribution in [0.1, 0.15) is 50.6 Å². The number of rotatable bonds is 13. The lowest BCUT2D eigenvalue weighted by atomic mass is 9.95. The largest absolute Gasteiger partial charge is 0.573 e. The van der Waals surface area contributed by atoms with Gasteiger partial charge >= 0.3 is 12.3 Å². The van der Waals surface area contributed by atoms with Gasteiger partial charge in [-0.25, -0.2) is 13.8 Å². The van der Waals surface area contributed by atoms with Crippen LogP contribution in [0.15, 0.2) is 89.9 Å². The van der Waals surface area contributed by atoms with Crippen molar-refractivity contribution in [2.75, 3.05) is 19.7 Å². The number of hydrogen-bond acceptors (Lipinski definition) is 8. The van der Waals surface area contributed by atoms with Gasteiger partial charge in [0.05, 0.1) is 12.0 Å². The van der Waals surface area contributed by atoms with Crippen molar-refractivity contribution >= 4 is 22.9 Å². The van der Waals surface area contributed by atoms with Crippen LogP contribution in [-0.2, 0) is 40.3 Å². The zero-order chi connectivity index (χ0) is 40.9. The summed E-state index contributed by atoms with van der Waals surface area (Å²) in [5.74, 6) is -2.79. The molecule has 5 aromatic rings. The van der Waals surface area contributed by atoms with E-state index in [0.717, 1.165) is 17.2 Å². The van der Waals surface area contributed by atoms with Gasteiger partial charge in [-0.15, -0.1) is 13.2 Å². The van der Waals surface area contributed by atoms with E-state index in [2.05, 4.69) is 14.7 Å². The lowest BCUT2D eigenvalue weighted by molar-refractivity contribution is -0.274. The molecule has 0 radical (unpaired) electrons. The second-order valence-corrected chi connectivity index (χ2v) is 14.3. The standard InChI is InChI=1S/C42H42F5N5O5/c1-4-56-40(55)41(2,3)50-23-20-31(21-24-50)51(25-27-10-12-28(13-11-27)29-14-17-32(18-15-29)57-42(45,46)47)36(53)26-52-35(19-16-30-7-5-9-34(43)37(30)44)49-39(54)33-8-6-22-48-38(33)52/h5-15,17-18,22,31H,4,16,19-21,23-26H2,1-3H3. The number of fused-ring (bicyclic) bond motifs is 1. The molecule has 1 amide bonds. The van der Waals surface area contributed by atoms with Crippen LogP contribution in [0.25, 0.3) is 22.2 Å². The van der Waals surface area contributed by atoms with Gasteiger partial charge in [0.1, 0.15) is 29.3 Å². The molecule has 15 heteroatoms. The van der Waals surface area contributed by atoms with E-state index in [9.17, 15) is 36.3 Å². The SMILES string of the molecule is CCOC(=O)C(C)(C)N1CCC(N(Cc2ccc(-c3ccc(OC(F)(F)F)cc3)cc2)C(=O)Cn2c(CCc3cccc(F)c3F)nc(=O)c3cccnc32)CC1. The number of likely N-dealkylation sites (tertiary alicyclic amines) is 1. The third-order valence-corrected chi connectivity index (χ3v) is 10.3. The highest BCUT2D eigenvalue weighted by atomic mass is 19.4. The molecule has 2 aromatic heterocycles. The minimum Gasteiger partial charge on any atom is -0.465 e. The van der Waals surface area contributed by atoms with Gasteiger partial charge in [0, 0.05) is 38.3 Å². The molecule has 1 aliphatic rings. The second kappa shape index (κ2) is 17.2. The fourth-order valence-corrected chi connectivity index (χ4v) is 7.15. The van der Waals surface area contributed by atoms with Crippen LogP contribution in [0.5, 0.6) is 5.75 Å². The Kier molecular flexibility index (Phi) is 12.4. The number of ether oxygens (including phenoxy) is 2. The molecular formula is C42H42F5N5O5. The number of aryl methyl sites for hydroxylation is 2. The summed E-state index contributed by atoms with van der Waals surface area (Å²) in [4.78, 5) is 53.1. The first-order valence-electron chi connectivity index (χ1n) is 18.6. The van der Waals surface area contributed by atoms with E-state index >= 15 is 0 Å². The molecule has 300 valence electrons. The maximum absolute atomic E-state index is 14.6. The summed E-state index contributed by atoms with van der Waals surface area (Å²) in [6.07, 6.45) is -2.22. The Hall–Kier alpha value is -5.70. The predicted octanol–water partition coefficient (Wildman–Crippen LogP) is 7.26. The van der Waals surface area contributed by atoms with E-state index in [-0.39, 0.29) is 78.6 Å². The lowest BCUT2D eigenvalue weighted by Gasteiger charge is -2.44. The second-order valence-electron chi connectivity index (χ2n) is 14.3. The average Bonchev–Trinajstić information content (AvgIpc) is 3.19. The number of amides is 1. The number of esters is 1. The Morgan fingerprint density at radius 2 is 1.56 bits per heavy atom. The van der Waals surface area contributed by atoms with Crippen molar-refractivity contribution in [2.45, 2.75) is 77.5 Å². The third kappa shape index (κ3) is 9.65. The number of nitrogens with zero attached hydrogens (tertiary/aromatic N) is 5. The first-order valence-corrected chi connectivity index (χ1v) is 18.6. The third-order valence-electron chi connectivity index (χ3n) is 10.3. The maximum Gasteiger partial charge on any atom is 0.573 e. The number of aromatic nitrogens is 3. The van der Waals surface area contributed by atoms with Crippen molar-refractivity contribution in [3.8, 4) is 16.9 Å². The fourth-order valence-electron chi connectivity index (χ4n) is 7.15. The molecular weight excluding hydrogens is 749 g/mol. The lowest BCUT2D eigenvalue weighted by Crippen LogP contribution is -2.56. The zero-order valence-electron chi connectivity index (χ0n) is 31.7. The van der Waals surface area contributed by atoms with E-state index in [1.54, 1.807) is 28.5 Å². The number of carbonyl (C=O) groups is 2. The summed E-state index contributed by atoms with van der Waals surface area (Å²) < 4.78 is 77.6. The van der Waals surface area contributed by atoms with Crippen LogP contribution in [0.2, 0.25) is 0 Å². The summed E-state index contributed by atoms with van der Waals surface area (Å²) >= 11 is 0. The van der Waals surface area contributed by atoms with Crippen molar-refractivity contribution in [1.29, 1.82) is 0 Å². The number of alkyl halides is 3. The quantitative estimate of drug-likeness (QED) is 0.0907. The molecule has 0 saturated carbocycles. The van der Waals surface area contributed by atoms with Crippen LogP contribution in [0, 0.1) is 11.6 Å². The minimum atomic E-state index is -4.80. The van der Waals surface area contributed by atoms with Gasteiger partial charge in [-0.05, 0) is 92.6 Å². The molecule has 57 heavy (non-hydrogen) atoms. The van der Waals surface area contributed by atoms with Crippen LogP contribution in [0.4, 0.5) is 22.0 Å². The highest BCUT2D eigenvalue weighted by Crippen LogP contribution is 2.29. The minimum absolute atomic E-state index is 0.00538. The van der Waals surface area contributed by atoms with Crippen molar-refractivity contribution in [3.63, 3.8) is 0 Å². The van der Waals surface area contributed by atoms with Crippen LogP contribution >= 0.6 is 0 Å². The van der Waals surface area contributed by atoms with Crippen LogP contribution in [-0.4, -0.2) is 73.9 Å². The smallest absolute Gasteiger partial charge is 0.465 e. The van der Waals surface area contributed by atoms with Gasteiger partial charge in [-0.1, -0.05) is 48.5 Å². The highest BCUT2D eigenvalue weighted by Gasteiger charge is 2.40. The van der Waals surface area contributed by atoms with Crippen molar-refractivity contribution in [3.05, 3.63) is 124 Å². The van der Waals surface area contributed by atoms with Gasteiger partial charge < -0.3 is 18.9 Å². The molecule has 0 spiro atoms. The molecule has 1 saturated heterocycles. The van der Waals surface area contributed by atoms with Crippen molar-refractivity contribution in [1.82, 2.24) is 24.3 Å². The number of halogens is 5. The van der Waals surface area contributed by atoms with E-state index in [4.69, 9.17) is 4.74 Å². The first-order chi connectivity index (χ1) is 27.1. The van der Waals surface area contributed by atoms with Gasteiger partial charge in [0.15, 0.2) is 11.6 Å². The summed E-state index contributed by atoms with van der Waals surface area (Å²) in [6.45, 7) is 6.55. The van der Waals surface area contributed by atoms with E-state index in [1.807, 2.05) is 43.0 Å². The van der Waals surface area contributed by atoms with Gasteiger partial charge in [0.25, 0.3) is 5.56 Å². The van der Waals surface area contributed by atoms with Gasteiger partial charge in [-0.3, -0.25) is 19.3 Å². The van der Waals surface area contributed by atoms with Crippen molar-refractivity contribution < 1.29 is 41.0 Å². The Balaban J connectivity index is 1.29. The fraction of sp³-hybridized carbons (Fsp3) is 0.357. The zero-order valence-corrected chi connectivity index (χ0v) is 31.7. The average molecular weight is 792 g/mol. The summed E-state index contributed by atoms with van der Waals surface area (Å²) in [5.41, 5.74) is 1.05. The van der Waals surface area contributed by atoms with Crippen molar-refractivity contribution in [2.24, 2.45) is 0 Å². The Morgan fingerprint density at radius 1 is 0.895 bits per heavy atom. The molecule has 6 rings (SSSR count). The molecule has 1 aliphatic heterocycles. The number of benzene rings is 3. The van der Waals surface area contributed by atoms with Crippen LogP contribution in [0.3, 0.4) is 0 Å². The van der Waals surface area contributed by atoms with E-state index in [1.165, 1.54) is 42.6 Å². The van der Waals surface area contributed by atoms with E-state index in [0.29, 0.717) is 31.5 Å². The Morgan fingerprint density at radius 3 is 2.21 bits per heavy atom. The predicted molar refractivity (Wildman–Crippen MR) is 202 cm³/mol. The molecule has 0 aliphatic carbocycles. The van der Waals surface area contributed by atoms with E-state index < -0.39 is 29.1 Å². The topological polar surface area (TPSA) is 107 Å². The molecule has 0 unspecified atom stereocenters. The Bertz CT molecular complexity index is 2270. The number of hydrogen-bond donors (Lipinski definition) is 0. The normalized spacial score (nSPS) is 14.1. The summed E-state index contributed by atoms with van der Waals surface area (Å²) in [5, 5.41) is 0.195. The number of carbonyl (C=O) groups excluding carboxylic acids is 2. The molecule has 10 nitrogen and oxygen atoms in total. The van der Waals surface area contributed by atoms with Crippen LogP contribution < -0.4 is 10.3 Å². The monoisotopic (exact) mass is 791 g/mol. The number of piperidine rings is 1. The summed E-state index contributed by atoms with van der Waals surface area (Å²) in [6, 6.07) is 19.6.